The molecule has 0 radical (unpaired) electrons. The van der Waals surface area contributed by atoms with Crippen LogP contribution in [0.4, 0.5) is 0 Å². The van der Waals surface area contributed by atoms with Crippen LogP contribution in [0.3, 0.4) is 0 Å². The molecule has 0 spiro atoms. The van der Waals surface area contributed by atoms with Crippen molar-refractivity contribution in [3.05, 3.63) is 44.6 Å². The van der Waals surface area contributed by atoms with E-state index in [0.717, 1.165) is 0 Å². The summed E-state index contributed by atoms with van der Waals surface area (Å²) >= 11 is 17.4. The number of rotatable bonds is 1. The fourth-order valence-corrected chi connectivity index (χ4v) is 2.16. The Labute approximate surface area is 101 Å². The van der Waals surface area contributed by atoms with Crippen LogP contribution in [0.2, 0.25) is 10.0 Å². The molecule has 0 bridgehead atoms. The lowest BCUT2D eigenvalue weighted by atomic mass is 9.84. The van der Waals surface area contributed by atoms with Gasteiger partial charge in [-0.1, -0.05) is 34.8 Å². The predicted molar refractivity (Wildman–Crippen MR) is 59.7 cm³/mol. The zero-order chi connectivity index (χ0) is 11.2. The van der Waals surface area contributed by atoms with Crippen molar-refractivity contribution in [3.8, 4) is 0 Å². The average Bonchev–Trinajstić information content (AvgIpc) is 2.23. The molecule has 0 saturated carbocycles. The van der Waals surface area contributed by atoms with Gasteiger partial charge in [-0.05, 0) is 23.8 Å². The second-order valence-electron chi connectivity index (χ2n) is 3.16. The van der Waals surface area contributed by atoms with Gasteiger partial charge in [0.25, 0.3) is 0 Å². The van der Waals surface area contributed by atoms with Crippen LogP contribution in [0, 0.1) is 0 Å². The van der Waals surface area contributed by atoms with Gasteiger partial charge in [0.2, 0.25) is 5.78 Å². The summed E-state index contributed by atoms with van der Waals surface area (Å²) < 4.78 is 0. The summed E-state index contributed by atoms with van der Waals surface area (Å²) in [6.07, 6.45) is 0. The number of benzene rings is 1. The Morgan fingerprint density at radius 2 is 1.87 bits per heavy atom. The van der Waals surface area contributed by atoms with Crippen LogP contribution in [-0.2, 0) is 4.79 Å². The Morgan fingerprint density at radius 3 is 2.47 bits per heavy atom. The van der Waals surface area contributed by atoms with E-state index in [1.54, 1.807) is 18.2 Å². The zero-order valence-corrected chi connectivity index (χ0v) is 9.57. The summed E-state index contributed by atoms with van der Waals surface area (Å²) in [7, 11) is 0. The summed E-state index contributed by atoms with van der Waals surface area (Å²) in [6.45, 7) is 0. The van der Waals surface area contributed by atoms with E-state index in [9.17, 15) is 4.79 Å². The van der Waals surface area contributed by atoms with Crippen LogP contribution in [0.25, 0.3) is 0 Å². The fraction of sp³-hybridized carbons (Fsp3) is 0.100. The van der Waals surface area contributed by atoms with E-state index in [4.69, 9.17) is 39.9 Å². The summed E-state index contributed by atoms with van der Waals surface area (Å²) in [5, 5.41) is 10.1. The molecule has 0 aromatic heterocycles. The largest absolute Gasteiger partial charge is 0.504 e. The third kappa shape index (κ3) is 1.63. The Bertz CT molecular complexity index is 480. The zero-order valence-electron chi connectivity index (χ0n) is 7.30. The van der Waals surface area contributed by atoms with E-state index < -0.39 is 17.5 Å². The number of carbonyl (C=O) groups excluding carboxylic acids is 1. The Hall–Kier alpha value is -0.700. The molecule has 1 aromatic carbocycles. The van der Waals surface area contributed by atoms with Crippen molar-refractivity contribution >= 4 is 40.6 Å². The van der Waals surface area contributed by atoms with Gasteiger partial charge in [-0.2, -0.15) is 0 Å². The molecule has 2 rings (SSSR count). The van der Waals surface area contributed by atoms with Crippen molar-refractivity contribution < 1.29 is 9.90 Å². The molecule has 1 aliphatic carbocycles. The highest BCUT2D eigenvalue weighted by Gasteiger charge is 2.40. The molecule has 1 N–H and O–H groups in total. The predicted octanol–water partition coefficient (Wildman–Crippen LogP) is 3.67. The second kappa shape index (κ2) is 3.71. The monoisotopic (exact) mass is 262 g/mol. The molecule has 0 fully saturated rings. The number of ketones is 1. The first-order chi connectivity index (χ1) is 7.02. The van der Waals surface area contributed by atoms with E-state index in [0.29, 0.717) is 15.6 Å². The molecular formula is C10H5Cl3O2. The smallest absolute Gasteiger partial charge is 0.211 e. The minimum Gasteiger partial charge on any atom is -0.504 e. The molecule has 0 saturated heterocycles. The van der Waals surface area contributed by atoms with Gasteiger partial charge in [-0.25, -0.2) is 0 Å². The summed E-state index contributed by atoms with van der Waals surface area (Å²) in [5.74, 6) is -1.49. The van der Waals surface area contributed by atoms with Crippen molar-refractivity contribution in [2.45, 2.75) is 5.92 Å². The Kier molecular flexibility index (Phi) is 2.67. The number of aliphatic hydroxyl groups is 1. The van der Waals surface area contributed by atoms with Crippen molar-refractivity contribution in [1.82, 2.24) is 0 Å². The molecule has 0 aliphatic heterocycles. The first-order valence-electron chi connectivity index (χ1n) is 4.10. The van der Waals surface area contributed by atoms with Gasteiger partial charge in [0.05, 0.1) is 11.0 Å². The number of aliphatic hydroxyl groups excluding tert-OH is 1. The van der Waals surface area contributed by atoms with Gasteiger partial charge in [-0.15, -0.1) is 0 Å². The number of hydrogen-bond acceptors (Lipinski definition) is 2. The van der Waals surface area contributed by atoms with E-state index >= 15 is 0 Å². The molecule has 0 heterocycles. The molecule has 1 atom stereocenters. The number of Topliss-reactive ketones (excluding diaryl/α,β-unsaturated/α-hetero) is 1. The van der Waals surface area contributed by atoms with Crippen molar-refractivity contribution in [2.75, 3.05) is 0 Å². The van der Waals surface area contributed by atoms with Crippen molar-refractivity contribution in [2.24, 2.45) is 0 Å². The fourth-order valence-electron chi connectivity index (χ4n) is 1.44. The molecule has 1 aromatic rings. The Balaban J connectivity index is 2.49. The number of carbonyl (C=O) groups is 1. The van der Waals surface area contributed by atoms with Crippen LogP contribution < -0.4 is 0 Å². The van der Waals surface area contributed by atoms with Gasteiger partial charge in [-0.3, -0.25) is 4.79 Å². The van der Waals surface area contributed by atoms with Crippen LogP contribution in [-0.4, -0.2) is 10.9 Å². The SMILES string of the molecule is O=C1C(O)=C(Cl)C1c1cc(Cl)ccc1Cl. The van der Waals surface area contributed by atoms with Crippen molar-refractivity contribution in [3.63, 3.8) is 0 Å². The number of halogens is 3. The second-order valence-corrected chi connectivity index (χ2v) is 4.41. The highest BCUT2D eigenvalue weighted by atomic mass is 35.5. The van der Waals surface area contributed by atoms with Gasteiger partial charge in [0.1, 0.15) is 0 Å². The Morgan fingerprint density at radius 1 is 1.20 bits per heavy atom. The molecule has 1 unspecified atom stereocenters. The quantitative estimate of drug-likeness (QED) is 0.839. The molecular weight excluding hydrogens is 258 g/mol. The molecule has 2 nitrogen and oxygen atoms in total. The molecule has 5 heteroatoms. The highest BCUT2D eigenvalue weighted by Crippen LogP contribution is 2.43. The van der Waals surface area contributed by atoms with Crippen molar-refractivity contribution in [1.29, 1.82) is 0 Å². The van der Waals surface area contributed by atoms with Crippen LogP contribution in [0.1, 0.15) is 11.5 Å². The third-order valence-electron chi connectivity index (χ3n) is 2.24. The summed E-state index contributed by atoms with van der Waals surface area (Å²) in [4.78, 5) is 11.3. The molecule has 78 valence electrons. The lowest BCUT2D eigenvalue weighted by Crippen LogP contribution is -2.27. The standard InChI is InChI=1S/C10H5Cl3O2/c11-4-1-2-6(12)5(3-4)7-8(13)10(15)9(7)14/h1-3,7,15H. The van der Waals surface area contributed by atoms with E-state index in [1.165, 1.54) is 0 Å². The topological polar surface area (TPSA) is 37.3 Å². The number of allylic oxidation sites excluding steroid dienone is 2. The van der Waals surface area contributed by atoms with Gasteiger partial charge < -0.3 is 5.11 Å². The maximum absolute atomic E-state index is 11.3. The lowest BCUT2D eigenvalue weighted by molar-refractivity contribution is -0.120. The average molecular weight is 264 g/mol. The van der Waals surface area contributed by atoms with Gasteiger partial charge in [0, 0.05) is 10.0 Å². The maximum Gasteiger partial charge on any atom is 0.211 e. The normalized spacial score (nSPS) is 20.5. The van der Waals surface area contributed by atoms with Crippen LogP contribution in [0.5, 0.6) is 0 Å². The first-order valence-corrected chi connectivity index (χ1v) is 5.23. The van der Waals surface area contributed by atoms with E-state index in [1.807, 2.05) is 0 Å². The van der Waals surface area contributed by atoms with E-state index in [2.05, 4.69) is 0 Å². The van der Waals surface area contributed by atoms with Gasteiger partial charge in [0.15, 0.2) is 5.76 Å². The third-order valence-corrected chi connectivity index (χ3v) is 3.22. The lowest BCUT2D eigenvalue weighted by Gasteiger charge is -2.25. The van der Waals surface area contributed by atoms with Crippen LogP contribution >= 0.6 is 34.8 Å². The summed E-state index contributed by atoms with van der Waals surface area (Å²) in [6, 6.07) is 4.78. The van der Waals surface area contributed by atoms with Gasteiger partial charge >= 0.3 is 0 Å². The highest BCUT2D eigenvalue weighted by molar-refractivity contribution is 6.40. The minimum atomic E-state index is -0.669. The van der Waals surface area contributed by atoms with Crippen LogP contribution in [0.15, 0.2) is 29.0 Å². The minimum absolute atomic E-state index is 0.115. The molecule has 1 aliphatic rings. The maximum atomic E-state index is 11.3. The number of hydrogen-bond donors (Lipinski definition) is 1. The van der Waals surface area contributed by atoms with E-state index in [-0.39, 0.29) is 5.03 Å². The molecule has 15 heavy (non-hydrogen) atoms. The molecule has 0 amide bonds. The summed E-state index contributed by atoms with van der Waals surface area (Å²) in [5.41, 5.74) is 0.525. The first kappa shape index (κ1) is 10.8.